The zero-order valence-electron chi connectivity index (χ0n) is 15.4. The number of anilines is 2. The number of hydrogen-bond acceptors (Lipinski definition) is 7. The van der Waals surface area contributed by atoms with E-state index in [0.29, 0.717) is 11.3 Å². The molecule has 0 atom stereocenters. The van der Waals surface area contributed by atoms with Crippen molar-refractivity contribution in [3.05, 3.63) is 70.4 Å². The fraction of sp³-hybridized carbons (Fsp3) is 0.100. The predicted molar refractivity (Wildman–Crippen MR) is 105 cm³/mol. The molecule has 1 heterocycles. The number of methoxy groups -OCH3 is 2. The summed E-state index contributed by atoms with van der Waals surface area (Å²) in [7, 11) is 2.46. The number of carbonyl (C=O) groups excluding carboxylic acids is 4. The molecule has 148 valence electrons. The predicted octanol–water partition coefficient (Wildman–Crippen LogP) is 2.70. The highest BCUT2D eigenvalue weighted by atomic mass is 35.5. The Bertz CT molecular complexity index is 1050. The van der Waals surface area contributed by atoms with Crippen LogP contribution < -0.4 is 10.2 Å². The van der Waals surface area contributed by atoms with E-state index >= 15 is 0 Å². The summed E-state index contributed by atoms with van der Waals surface area (Å²) in [4.78, 5) is 49.8. The van der Waals surface area contributed by atoms with Crippen molar-refractivity contribution in [2.75, 3.05) is 24.4 Å². The molecule has 2 aromatic rings. The van der Waals surface area contributed by atoms with Crippen LogP contribution in [-0.2, 0) is 19.1 Å². The number of nitrogens with one attached hydrogen (secondary N) is 1. The van der Waals surface area contributed by atoms with Gasteiger partial charge in [0.2, 0.25) is 0 Å². The lowest BCUT2D eigenvalue weighted by molar-refractivity contribution is -0.120. The zero-order chi connectivity index (χ0) is 21.1. The van der Waals surface area contributed by atoms with Crippen LogP contribution in [0.15, 0.2) is 59.3 Å². The first kappa shape index (κ1) is 20.1. The summed E-state index contributed by atoms with van der Waals surface area (Å²) in [6.07, 6.45) is 0. The number of benzene rings is 2. The number of imide groups is 1. The fourth-order valence-electron chi connectivity index (χ4n) is 2.73. The average molecular weight is 415 g/mol. The van der Waals surface area contributed by atoms with E-state index in [4.69, 9.17) is 16.3 Å². The summed E-state index contributed by atoms with van der Waals surface area (Å²) < 4.78 is 9.34. The lowest BCUT2D eigenvalue weighted by Gasteiger charge is -2.17. The highest BCUT2D eigenvalue weighted by molar-refractivity contribution is 6.53. The van der Waals surface area contributed by atoms with E-state index < -0.39 is 23.8 Å². The molecule has 0 aliphatic carbocycles. The second-order valence-electron chi connectivity index (χ2n) is 5.84. The largest absolute Gasteiger partial charge is 0.465 e. The van der Waals surface area contributed by atoms with Crippen LogP contribution in [0.2, 0.25) is 0 Å². The van der Waals surface area contributed by atoms with Gasteiger partial charge in [0.1, 0.15) is 10.7 Å². The highest BCUT2D eigenvalue weighted by Gasteiger charge is 2.40. The molecule has 0 saturated carbocycles. The topological polar surface area (TPSA) is 102 Å². The quantitative estimate of drug-likeness (QED) is 0.592. The third kappa shape index (κ3) is 3.70. The molecule has 2 aromatic carbocycles. The van der Waals surface area contributed by atoms with Crippen LogP contribution in [0.4, 0.5) is 11.4 Å². The second kappa shape index (κ2) is 8.15. The number of rotatable bonds is 5. The lowest BCUT2D eigenvalue weighted by Crippen LogP contribution is -2.33. The number of esters is 2. The molecular weight excluding hydrogens is 400 g/mol. The van der Waals surface area contributed by atoms with Gasteiger partial charge in [-0.05, 0) is 36.4 Å². The molecule has 29 heavy (non-hydrogen) atoms. The van der Waals surface area contributed by atoms with Crippen molar-refractivity contribution in [1.82, 2.24) is 0 Å². The smallest absolute Gasteiger partial charge is 0.339 e. The number of carbonyl (C=O) groups is 4. The van der Waals surface area contributed by atoms with Crippen LogP contribution in [0.1, 0.15) is 20.7 Å². The Hall–Kier alpha value is -3.65. The molecule has 8 nitrogen and oxygen atoms in total. The van der Waals surface area contributed by atoms with Gasteiger partial charge in [-0.15, -0.1) is 0 Å². The first-order valence-electron chi connectivity index (χ1n) is 8.30. The van der Waals surface area contributed by atoms with Gasteiger partial charge in [0.25, 0.3) is 11.8 Å². The molecule has 0 spiro atoms. The summed E-state index contributed by atoms with van der Waals surface area (Å²) >= 11 is 6.10. The van der Waals surface area contributed by atoms with Gasteiger partial charge in [0.05, 0.1) is 31.0 Å². The van der Waals surface area contributed by atoms with Gasteiger partial charge in [0.15, 0.2) is 0 Å². The Kier molecular flexibility index (Phi) is 5.65. The number of hydrogen-bond donors (Lipinski definition) is 1. The molecule has 0 radical (unpaired) electrons. The van der Waals surface area contributed by atoms with Gasteiger partial charge in [-0.3, -0.25) is 9.59 Å². The first-order chi connectivity index (χ1) is 13.9. The minimum atomic E-state index is -0.776. The van der Waals surface area contributed by atoms with Crippen molar-refractivity contribution in [2.45, 2.75) is 0 Å². The van der Waals surface area contributed by atoms with E-state index in [1.54, 1.807) is 12.1 Å². The number of nitrogens with zero attached hydrogens (tertiary/aromatic N) is 1. The van der Waals surface area contributed by atoms with Gasteiger partial charge in [-0.25, -0.2) is 14.5 Å². The molecule has 3 rings (SSSR count). The number of para-hydroxylation sites is 1. The van der Waals surface area contributed by atoms with E-state index in [1.165, 1.54) is 50.6 Å². The number of amides is 2. The van der Waals surface area contributed by atoms with Crippen molar-refractivity contribution < 1.29 is 28.7 Å². The highest BCUT2D eigenvalue weighted by Crippen LogP contribution is 2.32. The van der Waals surface area contributed by atoms with Crippen molar-refractivity contribution in [2.24, 2.45) is 0 Å². The lowest BCUT2D eigenvalue weighted by atomic mass is 10.1. The van der Waals surface area contributed by atoms with Crippen LogP contribution >= 0.6 is 11.6 Å². The normalized spacial score (nSPS) is 13.6. The van der Waals surface area contributed by atoms with Crippen LogP contribution in [0, 0.1) is 0 Å². The maximum absolute atomic E-state index is 12.9. The summed E-state index contributed by atoms with van der Waals surface area (Å²) in [6.45, 7) is 0. The van der Waals surface area contributed by atoms with E-state index in [2.05, 4.69) is 10.1 Å². The maximum Gasteiger partial charge on any atom is 0.339 e. The molecule has 0 bridgehead atoms. The second-order valence-corrected chi connectivity index (χ2v) is 6.22. The monoisotopic (exact) mass is 414 g/mol. The summed E-state index contributed by atoms with van der Waals surface area (Å²) in [5.41, 5.74) is 0.702. The molecule has 0 unspecified atom stereocenters. The van der Waals surface area contributed by atoms with Crippen molar-refractivity contribution >= 4 is 46.7 Å². The van der Waals surface area contributed by atoms with E-state index in [1.807, 2.05) is 0 Å². The van der Waals surface area contributed by atoms with Crippen molar-refractivity contribution in [3.63, 3.8) is 0 Å². The van der Waals surface area contributed by atoms with E-state index in [9.17, 15) is 19.2 Å². The molecule has 1 N–H and O–H groups in total. The van der Waals surface area contributed by atoms with Crippen LogP contribution in [-0.4, -0.2) is 38.0 Å². The molecule has 0 saturated heterocycles. The van der Waals surface area contributed by atoms with Gasteiger partial charge >= 0.3 is 11.9 Å². The molecule has 0 fully saturated rings. The minimum Gasteiger partial charge on any atom is -0.465 e. The Morgan fingerprint density at radius 3 is 2.14 bits per heavy atom. The van der Waals surface area contributed by atoms with Gasteiger partial charge in [0, 0.05) is 5.69 Å². The van der Waals surface area contributed by atoms with Gasteiger partial charge in [-0.2, -0.15) is 0 Å². The van der Waals surface area contributed by atoms with Gasteiger partial charge in [-0.1, -0.05) is 23.7 Å². The van der Waals surface area contributed by atoms with Crippen LogP contribution in [0.5, 0.6) is 0 Å². The third-order valence-corrected chi connectivity index (χ3v) is 4.50. The Morgan fingerprint density at radius 2 is 1.52 bits per heavy atom. The zero-order valence-corrected chi connectivity index (χ0v) is 16.1. The molecule has 2 amide bonds. The standard InChI is InChI=1S/C20H15ClN2O6/c1-28-19(26)11-7-9-12(10-8-11)22-16-15(21)17(24)23(18(16)25)14-6-4-3-5-13(14)20(27)29-2/h3-10,22H,1-2H3. The number of ether oxygens (including phenoxy) is 2. The number of halogens is 1. The van der Waals surface area contributed by atoms with Gasteiger partial charge < -0.3 is 14.8 Å². The van der Waals surface area contributed by atoms with E-state index in [0.717, 1.165) is 4.90 Å². The first-order valence-corrected chi connectivity index (χ1v) is 8.68. The van der Waals surface area contributed by atoms with Crippen LogP contribution in [0.25, 0.3) is 0 Å². The molecular formula is C20H15ClN2O6. The summed E-state index contributed by atoms with van der Waals surface area (Å²) in [5, 5.41) is 2.46. The Morgan fingerprint density at radius 1 is 0.897 bits per heavy atom. The van der Waals surface area contributed by atoms with Crippen molar-refractivity contribution in [3.8, 4) is 0 Å². The fourth-order valence-corrected chi connectivity index (χ4v) is 2.95. The third-order valence-electron chi connectivity index (χ3n) is 4.15. The minimum absolute atomic E-state index is 0.0462. The van der Waals surface area contributed by atoms with E-state index in [-0.39, 0.29) is 22.0 Å². The summed E-state index contributed by atoms with van der Waals surface area (Å²) in [5.74, 6) is -2.71. The molecule has 1 aliphatic rings. The molecule has 0 aromatic heterocycles. The Balaban J connectivity index is 1.90. The SMILES string of the molecule is COC(=O)c1ccc(NC2=C(Cl)C(=O)N(c3ccccc3C(=O)OC)C2=O)cc1. The van der Waals surface area contributed by atoms with Crippen molar-refractivity contribution in [1.29, 1.82) is 0 Å². The maximum atomic E-state index is 12.9. The summed E-state index contributed by atoms with van der Waals surface area (Å²) in [6, 6.07) is 12.1. The molecule has 9 heteroatoms. The Labute approximate surface area is 170 Å². The average Bonchev–Trinajstić information content (AvgIpc) is 2.96. The molecule has 1 aliphatic heterocycles. The van der Waals surface area contributed by atoms with Crippen LogP contribution in [0.3, 0.4) is 0 Å².